The van der Waals surface area contributed by atoms with E-state index < -0.39 is 0 Å². The highest BCUT2D eigenvalue weighted by Gasteiger charge is 2.08. The van der Waals surface area contributed by atoms with E-state index in [0.29, 0.717) is 6.54 Å². The first-order valence-electron chi connectivity index (χ1n) is 6.45. The van der Waals surface area contributed by atoms with Crippen molar-refractivity contribution in [2.75, 3.05) is 12.8 Å². The van der Waals surface area contributed by atoms with Crippen LogP contribution in [-0.2, 0) is 6.54 Å². The van der Waals surface area contributed by atoms with Gasteiger partial charge in [-0.15, -0.1) is 11.8 Å². The molecule has 0 fully saturated rings. The predicted octanol–water partition coefficient (Wildman–Crippen LogP) is 3.20. The molecule has 100 valence electrons. The summed E-state index contributed by atoms with van der Waals surface area (Å²) in [7, 11) is 0. The summed E-state index contributed by atoms with van der Waals surface area (Å²) in [5, 5.41) is 3.51. The maximum atomic E-state index is 5.87. The normalized spacial score (nSPS) is 12.3. The second kappa shape index (κ2) is 7.34. The average molecular weight is 272 g/mol. The van der Waals surface area contributed by atoms with Gasteiger partial charge in [0, 0.05) is 24.0 Å². The topological polar surface area (TPSA) is 38.0 Å². The first-order chi connectivity index (χ1) is 9.33. The Morgan fingerprint density at radius 3 is 2.32 bits per heavy atom. The van der Waals surface area contributed by atoms with Crippen LogP contribution in [-0.4, -0.2) is 12.8 Å². The molecule has 3 N–H and O–H groups in total. The third-order valence-corrected chi connectivity index (χ3v) is 3.89. The standard InChI is InChI=1S/C16H20N2S/c1-19-15-9-7-14(8-10-15)16(11-17)18-12-13-5-3-2-4-6-13/h2-10,16,18H,11-12,17H2,1H3. The monoisotopic (exact) mass is 272 g/mol. The summed E-state index contributed by atoms with van der Waals surface area (Å²) in [4.78, 5) is 1.28. The fourth-order valence-corrected chi connectivity index (χ4v) is 2.42. The minimum absolute atomic E-state index is 0.205. The van der Waals surface area contributed by atoms with E-state index in [1.807, 2.05) is 6.07 Å². The molecule has 2 nitrogen and oxygen atoms in total. The van der Waals surface area contributed by atoms with Gasteiger partial charge < -0.3 is 11.1 Å². The summed E-state index contributed by atoms with van der Waals surface area (Å²) in [6.45, 7) is 1.44. The smallest absolute Gasteiger partial charge is 0.0447 e. The minimum atomic E-state index is 0.205. The van der Waals surface area contributed by atoms with E-state index in [9.17, 15) is 0 Å². The third kappa shape index (κ3) is 4.10. The third-order valence-electron chi connectivity index (χ3n) is 3.15. The number of nitrogens with one attached hydrogen (secondary N) is 1. The minimum Gasteiger partial charge on any atom is -0.329 e. The van der Waals surface area contributed by atoms with Crippen molar-refractivity contribution in [2.45, 2.75) is 17.5 Å². The van der Waals surface area contributed by atoms with Crippen molar-refractivity contribution in [1.82, 2.24) is 5.32 Å². The van der Waals surface area contributed by atoms with Gasteiger partial charge in [0.05, 0.1) is 0 Å². The Bertz CT molecular complexity index is 482. The van der Waals surface area contributed by atoms with Gasteiger partial charge in [-0.2, -0.15) is 0 Å². The number of rotatable bonds is 6. The zero-order valence-corrected chi connectivity index (χ0v) is 12.0. The van der Waals surface area contributed by atoms with Crippen molar-refractivity contribution in [2.24, 2.45) is 5.73 Å². The quantitative estimate of drug-likeness (QED) is 0.793. The van der Waals surface area contributed by atoms with Crippen molar-refractivity contribution >= 4 is 11.8 Å². The molecule has 0 spiro atoms. The van der Waals surface area contributed by atoms with Crippen LogP contribution in [0.5, 0.6) is 0 Å². The van der Waals surface area contributed by atoms with Crippen LogP contribution in [0.25, 0.3) is 0 Å². The summed E-state index contributed by atoms with van der Waals surface area (Å²) in [6.07, 6.45) is 2.09. The molecule has 3 heteroatoms. The molecule has 0 saturated heterocycles. The van der Waals surface area contributed by atoms with Crippen LogP contribution in [0.3, 0.4) is 0 Å². The second-order valence-electron chi connectivity index (χ2n) is 4.43. The van der Waals surface area contributed by atoms with Crippen molar-refractivity contribution < 1.29 is 0 Å². The molecule has 0 bridgehead atoms. The molecule has 0 aliphatic rings. The second-order valence-corrected chi connectivity index (χ2v) is 5.31. The van der Waals surface area contributed by atoms with Crippen LogP contribution in [0, 0.1) is 0 Å². The lowest BCUT2D eigenvalue weighted by Crippen LogP contribution is -2.27. The van der Waals surface area contributed by atoms with Gasteiger partial charge in [-0.3, -0.25) is 0 Å². The van der Waals surface area contributed by atoms with Crippen LogP contribution in [0.15, 0.2) is 59.5 Å². The van der Waals surface area contributed by atoms with Gasteiger partial charge in [-0.25, -0.2) is 0 Å². The number of hydrogen-bond donors (Lipinski definition) is 2. The molecule has 0 aliphatic heterocycles. The number of benzene rings is 2. The van der Waals surface area contributed by atoms with E-state index in [-0.39, 0.29) is 6.04 Å². The Balaban J connectivity index is 1.99. The fraction of sp³-hybridized carbons (Fsp3) is 0.250. The molecule has 19 heavy (non-hydrogen) atoms. The molecule has 1 unspecified atom stereocenters. The highest BCUT2D eigenvalue weighted by atomic mass is 32.2. The summed E-state index contributed by atoms with van der Waals surface area (Å²) in [5.41, 5.74) is 8.40. The van der Waals surface area contributed by atoms with Crippen molar-refractivity contribution in [3.05, 3.63) is 65.7 Å². The lowest BCUT2D eigenvalue weighted by atomic mass is 10.1. The average Bonchev–Trinajstić information content (AvgIpc) is 2.49. The SMILES string of the molecule is CSc1ccc(C(CN)NCc2ccccc2)cc1. The molecule has 2 aromatic rings. The first-order valence-corrected chi connectivity index (χ1v) is 7.67. The number of thioether (sulfide) groups is 1. The molecular formula is C16H20N2S. The molecule has 0 radical (unpaired) electrons. The maximum absolute atomic E-state index is 5.87. The zero-order chi connectivity index (χ0) is 13.5. The maximum Gasteiger partial charge on any atom is 0.0447 e. The summed E-state index contributed by atoms with van der Waals surface area (Å²) in [5.74, 6) is 0. The van der Waals surface area contributed by atoms with Gasteiger partial charge in [-0.1, -0.05) is 42.5 Å². The molecule has 0 heterocycles. The lowest BCUT2D eigenvalue weighted by molar-refractivity contribution is 0.541. The van der Waals surface area contributed by atoms with E-state index in [1.54, 1.807) is 11.8 Å². The molecule has 2 rings (SSSR count). The highest BCUT2D eigenvalue weighted by Crippen LogP contribution is 2.19. The Kier molecular flexibility index (Phi) is 5.45. The Morgan fingerprint density at radius 2 is 1.74 bits per heavy atom. The largest absolute Gasteiger partial charge is 0.329 e. The molecule has 2 aromatic carbocycles. The van der Waals surface area contributed by atoms with E-state index in [0.717, 1.165) is 6.54 Å². The van der Waals surface area contributed by atoms with Gasteiger partial charge >= 0.3 is 0 Å². The van der Waals surface area contributed by atoms with Crippen LogP contribution in [0.1, 0.15) is 17.2 Å². The van der Waals surface area contributed by atoms with E-state index in [1.165, 1.54) is 16.0 Å². The molecule has 1 atom stereocenters. The highest BCUT2D eigenvalue weighted by molar-refractivity contribution is 7.98. The van der Waals surface area contributed by atoms with Crippen LogP contribution in [0.4, 0.5) is 0 Å². The Hall–Kier alpha value is -1.29. The lowest BCUT2D eigenvalue weighted by Gasteiger charge is -2.17. The van der Waals surface area contributed by atoms with Crippen molar-refractivity contribution in [3.8, 4) is 0 Å². The zero-order valence-electron chi connectivity index (χ0n) is 11.2. The van der Waals surface area contributed by atoms with Crippen molar-refractivity contribution in [3.63, 3.8) is 0 Å². The van der Waals surface area contributed by atoms with Gasteiger partial charge in [0.25, 0.3) is 0 Å². The molecular weight excluding hydrogens is 252 g/mol. The first kappa shape index (κ1) is 14.1. The summed E-state index contributed by atoms with van der Waals surface area (Å²) in [6, 6.07) is 19.2. The van der Waals surface area contributed by atoms with Crippen LogP contribution >= 0.6 is 11.8 Å². The van der Waals surface area contributed by atoms with E-state index >= 15 is 0 Å². The number of hydrogen-bond acceptors (Lipinski definition) is 3. The Morgan fingerprint density at radius 1 is 1.05 bits per heavy atom. The molecule has 0 amide bonds. The Labute approximate surface area is 119 Å². The van der Waals surface area contributed by atoms with Gasteiger partial charge in [-0.05, 0) is 29.5 Å². The van der Waals surface area contributed by atoms with Gasteiger partial charge in [0.15, 0.2) is 0 Å². The number of nitrogens with two attached hydrogens (primary N) is 1. The molecule has 0 aliphatic carbocycles. The van der Waals surface area contributed by atoms with Crippen molar-refractivity contribution in [1.29, 1.82) is 0 Å². The molecule has 0 aromatic heterocycles. The van der Waals surface area contributed by atoms with Crippen LogP contribution in [0.2, 0.25) is 0 Å². The summed E-state index contributed by atoms with van der Waals surface area (Å²) >= 11 is 1.76. The predicted molar refractivity (Wildman–Crippen MR) is 83.3 cm³/mol. The van der Waals surface area contributed by atoms with E-state index in [4.69, 9.17) is 5.73 Å². The summed E-state index contributed by atoms with van der Waals surface area (Å²) < 4.78 is 0. The van der Waals surface area contributed by atoms with E-state index in [2.05, 4.69) is 60.1 Å². The van der Waals surface area contributed by atoms with Gasteiger partial charge in [0.2, 0.25) is 0 Å². The van der Waals surface area contributed by atoms with Gasteiger partial charge in [0.1, 0.15) is 0 Å². The van der Waals surface area contributed by atoms with Crippen LogP contribution < -0.4 is 11.1 Å². The fourth-order valence-electron chi connectivity index (χ4n) is 2.01. The molecule has 0 saturated carbocycles.